The summed E-state index contributed by atoms with van der Waals surface area (Å²) in [6.45, 7) is 11.0. The lowest BCUT2D eigenvalue weighted by molar-refractivity contribution is -0.136. The minimum atomic E-state index is -0.690. The van der Waals surface area contributed by atoms with E-state index in [2.05, 4.69) is 83.4 Å². The van der Waals surface area contributed by atoms with Crippen LogP contribution in [0.5, 0.6) is 0 Å². The van der Waals surface area contributed by atoms with Crippen LogP contribution in [0.4, 0.5) is 4.79 Å². The molecule has 5 aromatic rings. The average molecular weight is 799 g/mol. The minimum absolute atomic E-state index is 0.0210. The van der Waals surface area contributed by atoms with E-state index in [1.165, 1.54) is 20.0 Å². The molecule has 59 heavy (non-hydrogen) atoms. The van der Waals surface area contributed by atoms with Crippen LogP contribution in [0.2, 0.25) is 0 Å². The highest BCUT2D eigenvalue weighted by atomic mass is 16.5. The van der Waals surface area contributed by atoms with Gasteiger partial charge in [0, 0.05) is 41.7 Å². The standard InChI is InChI=1S/C48H58N6O5/c1-27(2)20-44(56)54-40-11-8-7-10-29(5)36(40)24-42(54)38-25-43(55)35-18-17-33(23-37(35)50-38)31-13-14-32-22-34(16-15-30(32)21-31)39-26-49-46(51-39)41-12-9-19-53(41)47(57)45(28(3)4)52-48(58)59-6/h13-18,21-23,25-29,36,40-42,45H,7-12,19-20,24H2,1-6H3,(H,49,51)(H,50,55)(H,52,58). The number of carbonyl (C=O) groups excluding carboxylic acids is 3. The van der Waals surface area contributed by atoms with Crippen LogP contribution in [0.1, 0.15) is 110 Å². The monoisotopic (exact) mass is 798 g/mol. The number of methoxy groups -OCH3 is 1. The van der Waals surface area contributed by atoms with Crippen LogP contribution in [0.3, 0.4) is 0 Å². The topological polar surface area (TPSA) is 140 Å². The number of amides is 3. The predicted octanol–water partition coefficient (Wildman–Crippen LogP) is 9.30. The molecule has 3 N–H and O–H groups in total. The Bertz CT molecular complexity index is 2430. The molecule has 3 aromatic carbocycles. The van der Waals surface area contributed by atoms with Gasteiger partial charge in [-0.25, -0.2) is 9.78 Å². The number of nitrogens with zero attached hydrogens (tertiary/aromatic N) is 3. The van der Waals surface area contributed by atoms with Crippen LogP contribution in [0, 0.1) is 23.7 Å². The van der Waals surface area contributed by atoms with Gasteiger partial charge in [-0.15, -0.1) is 0 Å². The number of ether oxygens (including phenoxy) is 1. The van der Waals surface area contributed by atoms with E-state index in [0.29, 0.717) is 30.2 Å². The lowest BCUT2D eigenvalue weighted by atomic mass is 9.85. The van der Waals surface area contributed by atoms with Crippen molar-refractivity contribution in [3.8, 4) is 22.4 Å². The van der Waals surface area contributed by atoms with Crippen LogP contribution in [0.25, 0.3) is 44.1 Å². The number of imidazole rings is 1. The third kappa shape index (κ3) is 8.00. The van der Waals surface area contributed by atoms with E-state index in [9.17, 15) is 19.2 Å². The number of carbonyl (C=O) groups is 3. The molecular weight excluding hydrogens is 741 g/mol. The van der Waals surface area contributed by atoms with Crippen LogP contribution in [0.15, 0.2) is 71.7 Å². The molecule has 6 unspecified atom stereocenters. The van der Waals surface area contributed by atoms with Gasteiger partial charge in [0.2, 0.25) is 11.8 Å². The number of aromatic nitrogens is 3. The number of rotatable bonds is 9. The van der Waals surface area contributed by atoms with Crippen molar-refractivity contribution < 1.29 is 19.1 Å². The maximum absolute atomic E-state index is 13.9. The van der Waals surface area contributed by atoms with E-state index in [0.717, 1.165) is 82.3 Å². The number of fused-ring (bicyclic) bond motifs is 3. The van der Waals surface area contributed by atoms with E-state index in [1.807, 2.05) is 37.1 Å². The highest BCUT2D eigenvalue weighted by Gasteiger charge is 2.47. The van der Waals surface area contributed by atoms with Gasteiger partial charge in [0.1, 0.15) is 11.9 Å². The fourth-order valence-corrected chi connectivity index (χ4v) is 10.1. The van der Waals surface area contributed by atoms with Gasteiger partial charge >= 0.3 is 6.09 Å². The van der Waals surface area contributed by atoms with Gasteiger partial charge < -0.3 is 29.8 Å². The first-order valence-corrected chi connectivity index (χ1v) is 21.6. The van der Waals surface area contributed by atoms with Crippen molar-refractivity contribution in [3.05, 3.63) is 88.6 Å². The molecule has 4 heterocycles. The molecule has 2 aromatic heterocycles. The molecule has 1 aliphatic carbocycles. The summed E-state index contributed by atoms with van der Waals surface area (Å²) in [5.74, 6) is 1.94. The summed E-state index contributed by atoms with van der Waals surface area (Å²) in [7, 11) is 1.30. The molecule has 2 saturated heterocycles. The predicted molar refractivity (Wildman–Crippen MR) is 232 cm³/mol. The molecule has 2 aliphatic heterocycles. The van der Waals surface area contributed by atoms with Crippen LogP contribution in [-0.2, 0) is 14.3 Å². The molecule has 3 aliphatic rings. The van der Waals surface area contributed by atoms with E-state index in [1.54, 1.807) is 6.07 Å². The number of nitrogens with one attached hydrogen (secondary N) is 3. The Morgan fingerprint density at radius 2 is 1.58 bits per heavy atom. The molecule has 11 nitrogen and oxygen atoms in total. The van der Waals surface area contributed by atoms with Gasteiger partial charge in [-0.3, -0.25) is 14.4 Å². The van der Waals surface area contributed by atoms with Gasteiger partial charge in [-0.2, -0.15) is 0 Å². The molecule has 8 rings (SSSR count). The van der Waals surface area contributed by atoms with Crippen molar-refractivity contribution in [1.82, 2.24) is 30.1 Å². The molecule has 0 bridgehead atoms. The number of benzene rings is 3. The normalized spacial score (nSPS) is 22.5. The molecule has 6 atom stereocenters. The van der Waals surface area contributed by atoms with Crippen LogP contribution < -0.4 is 10.7 Å². The summed E-state index contributed by atoms with van der Waals surface area (Å²) in [5, 5.41) is 5.51. The zero-order chi connectivity index (χ0) is 41.5. The second kappa shape index (κ2) is 16.7. The van der Waals surface area contributed by atoms with Crippen molar-refractivity contribution >= 4 is 39.6 Å². The first-order chi connectivity index (χ1) is 28.4. The highest BCUT2D eigenvalue weighted by molar-refractivity contribution is 5.92. The fourth-order valence-electron chi connectivity index (χ4n) is 10.1. The van der Waals surface area contributed by atoms with Crippen LogP contribution >= 0.6 is 0 Å². The SMILES string of the molecule is COC(=O)NC(C(=O)N1CCCC1c1ncc(-c2ccc3cc(-c4ccc5c(=O)cc(C6CC7C(C)CCCCC7N6C(=O)CC(C)C)[nH]c5c4)ccc3c2)[nH]1)C(C)C. The summed E-state index contributed by atoms with van der Waals surface area (Å²) in [6, 6.07) is 19.7. The van der Waals surface area contributed by atoms with E-state index in [4.69, 9.17) is 9.72 Å². The number of hydrogen-bond acceptors (Lipinski definition) is 6. The number of pyridine rings is 1. The summed E-state index contributed by atoms with van der Waals surface area (Å²) in [4.78, 5) is 69.1. The van der Waals surface area contributed by atoms with Gasteiger partial charge in [0.25, 0.3) is 0 Å². The summed E-state index contributed by atoms with van der Waals surface area (Å²) in [6.07, 6.45) is 8.81. The summed E-state index contributed by atoms with van der Waals surface area (Å²) >= 11 is 0. The summed E-state index contributed by atoms with van der Waals surface area (Å²) in [5.41, 5.74) is 5.50. The first kappa shape index (κ1) is 40.3. The minimum Gasteiger partial charge on any atom is -0.453 e. The number of likely N-dealkylation sites (tertiary alicyclic amines) is 2. The summed E-state index contributed by atoms with van der Waals surface area (Å²) < 4.78 is 4.78. The van der Waals surface area contributed by atoms with Crippen molar-refractivity contribution in [1.29, 1.82) is 0 Å². The Balaban J connectivity index is 1.04. The Labute approximate surface area is 346 Å². The molecule has 3 fully saturated rings. The van der Waals surface area contributed by atoms with Gasteiger partial charge in [-0.1, -0.05) is 84.2 Å². The lowest BCUT2D eigenvalue weighted by Gasteiger charge is -2.33. The Kier molecular flexibility index (Phi) is 11.4. The van der Waals surface area contributed by atoms with Gasteiger partial charge in [-0.05, 0) is 95.5 Å². The quantitative estimate of drug-likeness (QED) is 0.136. The molecule has 1 saturated carbocycles. The Morgan fingerprint density at radius 1 is 0.864 bits per heavy atom. The average Bonchev–Trinajstić information content (AvgIpc) is 3.97. The number of aromatic amines is 2. The van der Waals surface area contributed by atoms with Crippen molar-refractivity contribution in [3.63, 3.8) is 0 Å². The van der Waals surface area contributed by atoms with Gasteiger partial charge in [0.15, 0.2) is 5.43 Å². The smallest absolute Gasteiger partial charge is 0.407 e. The molecule has 0 spiro atoms. The lowest BCUT2D eigenvalue weighted by Crippen LogP contribution is -2.51. The number of H-pyrrole nitrogens is 2. The Morgan fingerprint density at radius 3 is 2.32 bits per heavy atom. The fraction of sp³-hybridized carbons (Fsp3) is 0.479. The molecule has 0 radical (unpaired) electrons. The first-order valence-electron chi connectivity index (χ1n) is 21.6. The number of hydrogen-bond donors (Lipinski definition) is 3. The molecule has 11 heteroatoms. The maximum Gasteiger partial charge on any atom is 0.407 e. The Hall–Kier alpha value is -5.45. The van der Waals surface area contributed by atoms with Crippen LogP contribution in [-0.4, -0.2) is 68.4 Å². The largest absolute Gasteiger partial charge is 0.453 e. The molecule has 310 valence electrons. The van der Waals surface area contributed by atoms with Crippen molar-refractivity contribution in [2.24, 2.45) is 23.7 Å². The second-order valence-corrected chi connectivity index (χ2v) is 18.0. The molecular formula is C48H58N6O5. The third-order valence-corrected chi connectivity index (χ3v) is 13.2. The van der Waals surface area contributed by atoms with Crippen molar-refractivity contribution in [2.75, 3.05) is 13.7 Å². The zero-order valence-electron chi connectivity index (χ0n) is 35.2. The number of alkyl carbamates (subject to hydrolysis) is 1. The molecule has 3 amide bonds. The van der Waals surface area contributed by atoms with Crippen molar-refractivity contribution in [2.45, 2.75) is 110 Å². The maximum atomic E-state index is 13.9. The highest BCUT2D eigenvalue weighted by Crippen LogP contribution is 2.48. The van der Waals surface area contributed by atoms with E-state index < -0.39 is 12.1 Å². The third-order valence-electron chi connectivity index (χ3n) is 13.2. The van der Waals surface area contributed by atoms with Gasteiger partial charge in [0.05, 0.1) is 36.6 Å². The zero-order valence-corrected chi connectivity index (χ0v) is 35.2. The van der Waals surface area contributed by atoms with E-state index >= 15 is 0 Å². The van der Waals surface area contributed by atoms with E-state index in [-0.39, 0.29) is 47.2 Å². The second-order valence-electron chi connectivity index (χ2n) is 18.0.